The molecule has 1 aliphatic carbocycles. The van der Waals surface area contributed by atoms with Crippen LogP contribution in [0.3, 0.4) is 0 Å². The van der Waals surface area contributed by atoms with Crippen molar-refractivity contribution in [2.24, 2.45) is 17.8 Å². The van der Waals surface area contributed by atoms with Gasteiger partial charge in [-0.3, -0.25) is 4.79 Å². The molecule has 0 aromatic rings. The topological polar surface area (TPSA) is 32.8 Å². The first-order chi connectivity index (χ1) is 11.1. The summed E-state index contributed by atoms with van der Waals surface area (Å²) in [6.45, 7) is 11.0. The SMILES string of the molecule is CC1=CCC[C@H](C)[C@H]1CN1CCC(C(=O)N2CCOCC2)CC1. The Hall–Kier alpha value is -0.870. The minimum Gasteiger partial charge on any atom is -0.378 e. The number of nitrogens with zero attached hydrogens (tertiary/aromatic N) is 2. The van der Waals surface area contributed by atoms with Crippen LogP contribution in [0.4, 0.5) is 0 Å². The van der Waals surface area contributed by atoms with E-state index in [1.54, 1.807) is 5.57 Å². The number of piperidine rings is 1. The van der Waals surface area contributed by atoms with Gasteiger partial charge in [-0.05, 0) is 57.5 Å². The van der Waals surface area contributed by atoms with Crippen molar-refractivity contribution in [1.82, 2.24) is 9.80 Å². The first kappa shape index (κ1) is 17.0. The highest BCUT2D eigenvalue weighted by atomic mass is 16.5. The molecule has 0 aromatic heterocycles. The number of hydrogen-bond donors (Lipinski definition) is 0. The molecule has 0 spiro atoms. The number of amides is 1. The van der Waals surface area contributed by atoms with Crippen molar-refractivity contribution in [3.8, 4) is 0 Å². The Morgan fingerprint density at radius 3 is 2.52 bits per heavy atom. The van der Waals surface area contributed by atoms with Crippen LogP contribution in [0, 0.1) is 17.8 Å². The summed E-state index contributed by atoms with van der Waals surface area (Å²) in [4.78, 5) is 17.2. The number of carbonyl (C=O) groups is 1. The molecule has 2 aliphatic heterocycles. The number of ether oxygens (including phenoxy) is 1. The van der Waals surface area contributed by atoms with Crippen molar-refractivity contribution in [2.45, 2.75) is 39.5 Å². The fraction of sp³-hybridized carbons (Fsp3) is 0.842. The Balaban J connectivity index is 1.47. The minimum absolute atomic E-state index is 0.241. The van der Waals surface area contributed by atoms with Gasteiger partial charge in [0.15, 0.2) is 0 Å². The van der Waals surface area contributed by atoms with Crippen LogP contribution in [0.2, 0.25) is 0 Å². The van der Waals surface area contributed by atoms with Gasteiger partial charge in [0, 0.05) is 25.6 Å². The maximum atomic E-state index is 12.6. The molecule has 2 fully saturated rings. The van der Waals surface area contributed by atoms with Gasteiger partial charge in [-0.25, -0.2) is 0 Å². The third-order valence-corrected chi connectivity index (χ3v) is 6.07. The van der Waals surface area contributed by atoms with Crippen molar-refractivity contribution < 1.29 is 9.53 Å². The molecule has 2 saturated heterocycles. The smallest absolute Gasteiger partial charge is 0.225 e. The number of likely N-dealkylation sites (tertiary alicyclic amines) is 1. The van der Waals surface area contributed by atoms with Gasteiger partial charge in [-0.1, -0.05) is 18.6 Å². The monoisotopic (exact) mass is 320 g/mol. The number of carbonyl (C=O) groups excluding carboxylic acids is 1. The predicted molar refractivity (Wildman–Crippen MR) is 92.2 cm³/mol. The molecular weight excluding hydrogens is 288 g/mol. The average Bonchev–Trinajstić information content (AvgIpc) is 2.59. The number of rotatable bonds is 3. The zero-order chi connectivity index (χ0) is 16.2. The summed E-state index contributed by atoms with van der Waals surface area (Å²) in [7, 11) is 0. The van der Waals surface area contributed by atoms with E-state index in [4.69, 9.17) is 4.74 Å². The van der Waals surface area contributed by atoms with E-state index in [1.165, 1.54) is 19.4 Å². The lowest BCUT2D eigenvalue weighted by molar-refractivity contribution is -0.141. The number of morpholine rings is 1. The summed E-state index contributed by atoms with van der Waals surface area (Å²) in [5.74, 6) is 2.13. The number of hydrogen-bond acceptors (Lipinski definition) is 3. The second-order valence-corrected chi connectivity index (χ2v) is 7.62. The van der Waals surface area contributed by atoms with Crippen molar-refractivity contribution in [2.75, 3.05) is 45.9 Å². The van der Waals surface area contributed by atoms with Crippen LogP contribution in [0.5, 0.6) is 0 Å². The van der Waals surface area contributed by atoms with E-state index in [0.717, 1.165) is 50.9 Å². The Morgan fingerprint density at radius 1 is 1.17 bits per heavy atom. The standard InChI is InChI=1S/C19H32N2O2/c1-15-4-3-5-16(2)18(15)14-20-8-6-17(7-9-20)19(22)21-10-12-23-13-11-21/h4,16-18H,3,5-14H2,1-2H3/t16-,18-/m0/s1. The maximum absolute atomic E-state index is 12.6. The van der Waals surface area contributed by atoms with Gasteiger partial charge < -0.3 is 14.5 Å². The summed E-state index contributed by atoms with van der Waals surface area (Å²) in [5, 5.41) is 0. The van der Waals surface area contributed by atoms with Crippen molar-refractivity contribution in [3.05, 3.63) is 11.6 Å². The van der Waals surface area contributed by atoms with Crippen molar-refractivity contribution in [1.29, 1.82) is 0 Å². The number of allylic oxidation sites excluding steroid dienone is 1. The first-order valence-electron chi connectivity index (χ1n) is 9.40. The van der Waals surface area contributed by atoms with Gasteiger partial charge in [0.05, 0.1) is 13.2 Å². The van der Waals surface area contributed by atoms with Crippen LogP contribution in [0.1, 0.15) is 39.5 Å². The molecule has 0 unspecified atom stereocenters. The quantitative estimate of drug-likeness (QED) is 0.749. The lowest BCUT2D eigenvalue weighted by Gasteiger charge is -2.38. The van der Waals surface area contributed by atoms with Gasteiger partial charge in [0.25, 0.3) is 0 Å². The van der Waals surface area contributed by atoms with E-state index in [9.17, 15) is 4.79 Å². The maximum Gasteiger partial charge on any atom is 0.225 e. The summed E-state index contributed by atoms with van der Waals surface area (Å²) in [6, 6.07) is 0. The van der Waals surface area contributed by atoms with Gasteiger partial charge in [-0.15, -0.1) is 0 Å². The summed E-state index contributed by atoms with van der Waals surface area (Å²) in [5.41, 5.74) is 1.58. The third-order valence-electron chi connectivity index (χ3n) is 6.07. The first-order valence-corrected chi connectivity index (χ1v) is 9.40. The summed E-state index contributed by atoms with van der Waals surface area (Å²) < 4.78 is 5.35. The average molecular weight is 320 g/mol. The van der Waals surface area contributed by atoms with E-state index in [1.807, 2.05) is 4.90 Å². The molecule has 3 rings (SSSR count). The lowest BCUT2D eigenvalue weighted by atomic mass is 9.79. The highest BCUT2D eigenvalue weighted by Crippen LogP contribution is 2.32. The van der Waals surface area contributed by atoms with Crippen LogP contribution in [-0.4, -0.2) is 61.6 Å². The molecule has 0 N–H and O–H groups in total. The van der Waals surface area contributed by atoms with E-state index in [-0.39, 0.29) is 5.92 Å². The third kappa shape index (κ3) is 4.16. The summed E-state index contributed by atoms with van der Waals surface area (Å²) >= 11 is 0. The van der Waals surface area contributed by atoms with Crippen LogP contribution in [0.25, 0.3) is 0 Å². The Kier molecular flexibility index (Phi) is 5.76. The Bertz CT molecular complexity index is 435. The van der Waals surface area contributed by atoms with Crippen LogP contribution < -0.4 is 0 Å². The molecule has 0 bridgehead atoms. The highest BCUT2D eigenvalue weighted by molar-refractivity contribution is 5.79. The minimum atomic E-state index is 0.241. The molecule has 23 heavy (non-hydrogen) atoms. The second kappa shape index (κ2) is 7.80. The molecule has 3 aliphatic rings. The van der Waals surface area contributed by atoms with Crippen LogP contribution >= 0.6 is 0 Å². The normalized spacial score (nSPS) is 31.0. The lowest BCUT2D eigenvalue weighted by Crippen LogP contribution is -2.47. The van der Waals surface area contributed by atoms with Gasteiger partial charge in [0.2, 0.25) is 5.91 Å². The van der Waals surface area contributed by atoms with E-state index in [0.29, 0.717) is 19.1 Å². The van der Waals surface area contributed by atoms with E-state index < -0.39 is 0 Å². The molecule has 4 heteroatoms. The molecule has 2 heterocycles. The Labute approximate surface area is 140 Å². The molecule has 1 amide bonds. The predicted octanol–water partition coefficient (Wildman–Crippen LogP) is 2.55. The zero-order valence-electron chi connectivity index (χ0n) is 14.8. The molecule has 0 saturated carbocycles. The van der Waals surface area contributed by atoms with Crippen molar-refractivity contribution >= 4 is 5.91 Å². The molecule has 2 atom stereocenters. The summed E-state index contributed by atoms with van der Waals surface area (Å²) in [6.07, 6.45) is 7.06. The molecule has 0 radical (unpaired) electrons. The molecule has 0 aromatic carbocycles. The highest BCUT2D eigenvalue weighted by Gasteiger charge is 2.31. The Morgan fingerprint density at radius 2 is 1.87 bits per heavy atom. The molecule has 4 nitrogen and oxygen atoms in total. The van der Waals surface area contributed by atoms with Gasteiger partial charge in [-0.2, -0.15) is 0 Å². The van der Waals surface area contributed by atoms with Gasteiger partial charge >= 0.3 is 0 Å². The molecule has 130 valence electrons. The molecular formula is C19H32N2O2. The van der Waals surface area contributed by atoms with Gasteiger partial charge in [0.1, 0.15) is 0 Å². The van der Waals surface area contributed by atoms with Crippen molar-refractivity contribution in [3.63, 3.8) is 0 Å². The zero-order valence-corrected chi connectivity index (χ0v) is 14.8. The van der Waals surface area contributed by atoms with Crippen LogP contribution in [-0.2, 0) is 9.53 Å². The van der Waals surface area contributed by atoms with Crippen LogP contribution in [0.15, 0.2) is 11.6 Å². The second-order valence-electron chi connectivity index (χ2n) is 7.62. The largest absolute Gasteiger partial charge is 0.378 e. The fourth-order valence-corrected chi connectivity index (χ4v) is 4.38. The fourth-order valence-electron chi connectivity index (χ4n) is 4.38. The van der Waals surface area contributed by atoms with E-state index >= 15 is 0 Å². The van der Waals surface area contributed by atoms with E-state index in [2.05, 4.69) is 24.8 Å².